The smallest absolute Gasteiger partial charge is 0.115 e. The Kier molecular flexibility index (Phi) is 5.88. The minimum Gasteiger partial charge on any atom is -0.508 e. The average molecular weight is 298 g/mol. The molecule has 0 aromatic heterocycles. The molecule has 2 rings (SSSR count). The number of hydrogen-bond acceptors (Lipinski definition) is 2. The Hall–Kier alpha value is -1.96. The molecule has 1 atom stereocenters. The normalized spacial score (nSPS) is 12.5. The van der Waals surface area contributed by atoms with Crippen molar-refractivity contribution >= 4 is 0 Å². The Labute approximate surface area is 133 Å². The van der Waals surface area contributed by atoms with Gasteiger partial charge < -0.3 is 10.2 Å². The SMILES string of the molecule is CCCC[C@H](CC)C(c1ccc(O)cc1)c1ccc(O)cc1. The molecule has 0 aliphatic heterocycles. The lowest BCUT2D eigenvalue weighted by atomic mass is 9.77. The summed E-state index contributed by atoms with van der Waals surface area (Å²) < 4.78 is 0. The van der Waals surface area contributed by atoms with Crippen molar-refractivity contribution in [2.75, 3.05) is 0 Å². The Morgan fingerprint density at radius 3 is 1.59 bits per heavy atom. The average Bonchev–Trinajstić information content (AvgIpc) is 2.54. The fourth-order valence-electron chi connectivity index (χ4n) is 3.17. The molecule has 0 heterocycles. The summed E-state index contributed by atoms with van der Waals surface area (Å²) in [5, 5.41) is 19.1. The Balaban J connectivity index is 2.38. The second-order valence-electron chi connectivity index (χ2n) is 5.97. The number of phenolic OH excluding ortho intramolecular Hbond substituents is 2. The third-order valence-corrected chi connectivity index (χ3v) is 4.43. The fraction of sp³-hybridized carbons (Fsp3) is 0.400. The third kappa shape index (κ3) is 4.03. The lowest BCUT2D eigenvalue weighted by molar-refractivity contribution is 0.405. The van der Waals surface area contributed by atoms with Crippen LogP contribution in [-0.2, 0) is 0 Å². The second-order valence-corrected chi connectivity index (χ2v) is 5.97. The molecule has 0 unspecified atom stereocenters. The molecule has 0 saturated carbocycles. The summed E-state index contributed by atoms with van der Waals surface area (Å²) >= 11 is 0. The van der Waals surface area contributed by atoms with Crippen LogP contribution in [0.3, 0.4) is 0 Å². The molecule has 2 aromatic carbocycles. The van der Waals surface area contributed by atoms with Crippen LogP contribution in [0.25, 0.3) is 0 Å². The Morgan fingerprint density at radius 1 is 0.773 bits per heavy atom. The first kappa shape index (κ1) is 16.4. The molecule has 2 heteroatoms. The zero-order valence-electron chi connectivity index (χ0n) is 13.5. The highest BCUT2D eigenvalue weighted by Gasteiger charge is 2.23. The van der Waals surface area contributed by atoms with E-state index < -0.39 is 0 Å². The van der Waals surface area contributed by atoms with Crippen LogP contribution < -0.4 is 0 Å². The molecule has 0 amide bonds. The molecule has 0 spiro atoms. The minimum absolute atomic E-state index is 0.301. The van der Waals surface area contributed by atoms with Gasteiger partial charge in [-0.15, -0.1) is 0 Å². The van der Waals surface area contributed by atoms with Gasteiger partial charge in [-0.1, -0.05) is 57.4 Å². The van der Waals surface area contributed by atoms with Gasteiger partial charge >= 0.3 is 0 Å². The summed E-state index contributed by atoms with van der Waals surface area (Å²) in [6, 6.07) is 15.1. The molecule has 0 bridgehead atoms. The largest absolute Gasteiger partial charge is 0.508 e. The summed E-state index contributed by atoms with van der Waals surface area (Å²) in [5.41, 5.74) is 2.46. The van der Waals surface area contributed by atoms with Gasteiger partial charge in [0.2, 0.25) is 0 Å². The van der Waals surface area contributed by atoms with E-state index in [-0.39, 0.29) is 0 Å². The summed E-state index contributed by atoms with van der Waals surface area (Å²) in [6.45, 7) is 4.47. The van der Waals surface area contributed by atoms with Gasteiger partial charge in [-0.25, -0.2) is 0 Å². The van der Waals surface area contributed by atoms with E-state index in [0.717, 1.165) is 6.42 Å². The number of hydrogen-bond donors (Lipinski definition) is 2. The Bertz CT molecular complexity index is 512. The number of aromatic hydroxyl groups is 2. The van der Waals surface area contributed by atoms with E-state index in [9.17, 15) is 10.2 Å². The van der Waals surface area contributed by atoms with Crippen molar-refractivity contribution in [3.63, 3.8) is 0 Å². The van der Waals surface area contributed by atoms with Gasteiger partial charge in [0.25, 0.3) is 0 Å². The van der Waals surface area contributed by atoms with Crippen LogP contribution in [0.15, 0.2) is 48.5 Å². The van der Waals surface area contributed by atoms with E-state index in [1.807, 2.05) is 24.3 Å². The molecule has 118 valence electrons. The van der Waals surface area contributed by atoms with Crippen molar-refractivity contribution in [2.24, 2.45) is 5.92 Å². The van der Waals surface area contributed by atoms with Gasteiger partial charge in [-0.05, 0) is 47.7 Å². The highest BCUT2D eigenvalue weighted by Crippen LogP contribution is 2.37. The predicted molar refractivity (Wildman–Crippen MR) is 91.4 cm³/mol. The first-order chi connectivity index (χ1) is 10.7. The highest BCUT2D eigenvalue weighted by atomic mass is 16.3. The topological polar surface area (TPSA) is 40.5 Å². The Morgan fingerprint density at radius 2 is 1.23 bits per heavy atom. The summed E-state index contributed by atoms with van der Waals surface area (Å²) in [4.78, 5) is 0. The van der Waals surface area contributed by atoms with Crippen molar-refractivity contribution in [1.82, 2.24) is 0 Å². The quantitative estimate of drug-likeness (QED) is 0.714. The van der Waals surface area contributed by atoms with Crippen LogP contribution in [0.4, 0.5) is 0 Å². The summed E-state index contributed by atoms with van der Waals surface area (Å²) in [7, 11) is 0. The van der Waals surface area contributed by atoms with Crippen LogP contribution in [0.1, 0.15) is 56.6 Å². The first-order valence-electron chi connectivity index (χ1n) is 8.23. The van der Waals surface area contributed by atoms with Gasteiger partial charge in [0.15, 0.2) is 0 Å². The van der Waals surface area contributed by atoms with Gasteiger partial charge in [0, 0.05) is 5.92 Å². The first-order valence-corrected chi connectivity index (χ1v) is 8.23. The van der Waals surface area contributed by atoms with E-state index in [1.165, 1.54) is 30.4 Å². The van der Waals surface area contributed by atoms with Crippen LogP contribution in [0.5, 0.6) is 11.5 Å². The molecule has 0 radical (unpaired) electrons. The molecule has 0 aliphatic rings. The molecule has 2 aromatic rings. The molecule has 0 saturated heterocycles. The van der Waals surface area contributed by atoms with Crippen LogP contribution in [-0.4, -0.2) is 10.2 Å². The van der Waals surface area contributed by atoms with E-state index in [2.05, 4.69) is 13.8 Å². The maximum atomic E-state index is 9.55. The van der Waals surface area contributed by atoms with Crippen molar-refractivity contribution in [3.8, 4) is 11.5 Å². The van der Waals surface area contributed by atoms with Gasteiger partial charge in [-0.2, -0.15) is 0 Å². The van der Waals surface area contributed by atoms with Crippen molar-refractivity contribution in [2.45, 2.75) is 45.4 Å². The summed E-state index contributed by atoms with van der Waals surface area (Å²) in [5.74, 6) is 1.47. The monoisotopic (exact) mass is 298 g/mol. The van der Waals surface area contributed by atoms with Gasteiger partial charge in [0.05, 0.1) is 0 Å². The standard InChI is InChI=1S/C20H26O2/c1-3-5-6-15(4-2)20(16-7-11-18(21)12-8-16)17-9-13-19(22)14-10-17/h7-15,20-22H,3-6H2,1-2H3/t15-/m0/s1. The molecule has 2 N–H and O–H groups in total. The second kappa shape index (κ2) is 7.88. The minimum atomic E-state index is 0.301. The highest BCUT2D eigenvalue weighted by molar-refractivity contribution is 5.38. The lowest BCUT2D eigenvalue weighted by Gasteiger charge is -2.27. The predicted octanol–water partition coefficient (Wildman–Crippen LogP) is 5.45. The third-order valence-electron chi connectivity index (χ3n) is 4.43. The number of rotatable bonds is 7. The molecule has 2 nitrogen and oxygen atoms in total. The lowest BCUT2D eigenvalue weighted by Crippen LogP contribution is -2.14. The van der Waals surface area contributed by atoms with Gasteiger partial charge in [0.1, 0.15) is 11.5 Å². The molecular formula is C20H26O2. The zero-order valence-corrected chi connectivity index (χ0v) is 13.5. The molecular weight excluding hydrogens is 272 g/mol. The number of unbranched alkanes of at least 4 members (excludes halogenated alkanes) is 1. The van der Waals surface area contributed by atoms with E-state index >= 15 is 0 Å². The maximum absolute atomic E-state index is 9.55. The maximum Gasteiger partial charge on any atom is 0.115 e. The van der Waals surface area contributed by atoms with Crippen LogP contribution in [0, 0.1) is 5.92 Å². The van der Waals surface area contributed by atoms with E-state index in [1.54, 1.807) is 24.3 Å². The molecule has 22 heavy (non-hydrogen) atoms. The molecule has 0 aliphatic carbocycles. The van der Waals surface area contributed by atoms with Crippen molar-refractivity contribution in [1.29, 1.82) is 0 Å². The van der Waals surface area contributed by atoms with Crippen molar-refractivity contribution in [3.05, 3.63) is 59.7 Å². The number of phenols is 2. The number of benzene rings is 2. The van der Waals surface area contributed by atoms with Crippen LogP contribution in [0.2, 0.25) is 0 Å². The van der Waals surface area contributed by atoms with E-state index in [0.29, 0.717) is 23.3 Å². The van der Waals surface area contributed by atoms with Gasteiger partial charge in [-0.3, -0.25) is 0 Å². The van der Waals surface area contributed by atoms with Crippen molar-refractivity contribution < 1.29 is 10.2 Å². The summed E-state index contributed by atoms with van der Waals surface area (Å²) in [6.07, 6.45) is 4.74. The van der Waals surface area contributed by atoms with E-state index in [4.69, 9.17) is 0 Å². The van der Waals surface area contributed by atoms with Crippen LogP contribution >= 0.6 is 0 Å². The zero-order chi connectivity index (χ0) is 15.9. The molecule has 0 fully saturated rings. The fourth-order valence-corrected chi connectivity index (χ4v) is 3.17.